The van der Waals surface area contributed by atoms with E-state index in [1.54, 1.807) is 6.20 Å². The van der Waals surface area contributed by atoms with Gasteiger partial charge in [-0.1, -0.05) is 6.07 Å². The van der Waals surface area contributed by atoms with Gasteiger partial charge in [0.25, 0.3) is 0 Å². The second kappa shape index (κ2) is 2.60. The van der Waals surface area contributed by atoms with Crippen LogP contribution in [-0.2, 0) is 0 Å². The van der Waals surface area contributed by atoms with Crippen molar-refractivity contribution in [1.82, 2.24) is 9.38 Å². The molecule has 0 fully saturated rings. The first-order chi connectivity index (χ1) is 5.79. The average molecular weight is 161 g/mol. The van der Waals surface area contributed by atoms with Crippen LogP contribution < -0.4 is 5.73 Å². The lowest BCUT2D eigenvalue weighted by Crippen LogP contribution is -2.09. The lowest BCUT2D eigenvalue weighted by Gasteiger charge is -2.07. The summed E-state index contributed by atoms with van der Waals surface area (Å²) in [5.41, 5.74) is 7.83. The third-order valence-electron chi connectivity index (χ3n) is 1.93. The van der Waals surface area contributed by atoms with Crippen LogP contribution in [0.15, 0.2) is 30.6 Å². The predicted octanol–water partition coefficient (Wildman–Crippen LogP) is 1.35. The Morgan fingerprint density at radius 2 is 2.33 bits per heavy atom. The molecule has 0 saturated heterocycles. The van der Waals surface area contributed by atoms with Gasteiger partial charge in [0.05, 0.1) is 0 Å². The molecule has 2 aromatic heterocycles. The molecule has 0 aliphatic rings. The Morgan fingerprint density at radius 3 is 3.08 bits per heavy atom. The summed E-state index contributed by atoms with van der Waals surface area (Å²) in [7, 11) is 0. The van der Waals surface area contributed by atoms with Gasteiger partial charge in [0, 0.05) is 24.1 Å². The summed E-state index contributed by atoms with van der Waals surface area (Å²) in [5.74, 6) is 0. The first-order valence-corrected chi connectivity index (χ1v) is 3.96. The fraction of sp³-hybridized carbons (Fsp3) is 0.222. The maximum atomic E-state index is 5.79. The van der Waals surface area contributed by atoms with Crippen LogP contribution in [0.1, 0.15) is 18.7 Å². The highest BCUT2D eigenvalue weighted by Gasteiger charge is 2.03. The van der Waals surface area contributed by atoms with Crippen LogP contribution in [0, 0.1) is 0 Å². The molecule has 2 rings (SSSR count). The zero-order valence-electron chi connectivity index (χ0n) is 6.94. The van der Waals surface area contributed by atoms with Gasteiger partial charge < -0.3 is 10.1 Å². The van der Waals surface area contributed by atoms with E-state index in [4.69, 9.17) is 5.73 Å². The van der Waals surface area contributed by atoms with E-state index in [1.807, 2.05) is 35.7 Å². The first-order valence-electron chi connectivity index (χ1n) is 3.96. The monoisotopic (exact) mass is 161 g/mol. The Hall–Kier alpha value is -1.35. The van der Waals surface area contributed by atoms with Crippen molar-refractivity contribution < 1.29 is 0 Å². The molecular formula is C9H11N3. The van der Waals surface area contributed by atoms with Crippen LogP contribution in [0.2, 0.25) is 0 Å². The number of pyridine rings is 1. The molecule has 2 N–H and O–H groups in total. The van der Waals surface area contributed by atoms with Crippen LogP contribution in [0.5, 0.6) is 0 Å². The summed E-state index contributed by atoms with van der Waals surface area (Å²) in [6, 6.07) is 5.99. The van der Waals surface area contributed by atoms with E-state index in [-0.39, 0.29) is 6.04 Å². The number of imidazole rings is 1. The number of hydrogen-bond donors (Lipinski definition) is 1. The summed E-state index contributed by atoms with van der Waals surface area (Å²) in [5, 5.41) is 0. The normalized spacial score (nSPS) is 13.5. The lowest BCUT2D eigenvalue weighted by atomic mass is 10.2. The topological polar surface area (TPSA) is 43.3 Å². The van der Waals surface area contributed by atoms with Crippen molar-refractivity contribution in [2.75, 3.05) is 0 Å². The van der Waals surface area contributed by atoms with Crippen LogP contribution in [-0.4, -0.2) is 9.38 Å². The maximum Gasteiger partial charge on any atom is 0.136 e. The average Bonchev–Trinajstić information content (AvgIpc) is 2.49. The molecule has 62 valence electrons. The number of nitrogens with zero attached hydrogens (tertiary/aromatic N) is 2. The van der Waals surface area contributed by atoms with E-state index in [0.717, 1.165) is 11.3 Å². The number of nitrogens with two attached hydrogens (primary N) is 1. The van der Waals surface area contributed by atoms with E-state index in [9.17, 15) is 0 Å². The SMILES string of the molecule is CC(N)c1cccc2nccn12. The number of fused-ring (bicyclic) bond motifs is 1. The van der Waals surface area contributed by atoms with Crippen LogP contribution in [0.4, 0.5) is 0 Å². The Bertz CT molecular complexity index is 389. The molecule has 0 bridgehead atoms. The van der Waals surface area contributed by atoms with E-state index in [0.29, 0.717) is 0 Å². The highest BCUT2D eigenvalue weighted by molar-refractivity contribution is 5.40. The second-order valence-corrected chi connectivity index (χ2v) is 2.89. The van der Waals surface area contributed by atoms with E-state index in [1.165, 1.54) is 0 Å². The quantitative estimate of drug-likeness (QED) is 0.686. The van der Waals surface area contributed by atoms with E-state index in [2.05, 4.69) is 4.98 Å². The third-order valence-corrected chi connectivity index (χ3v) is 1.93. The smallest absolute Gasteiger partial charge is 0.136 e. The van der Waals surface area contributed by atoms with Crippen molar-refractivity contribution in [3.63, 3.8) is 0 Å². The van der Waals surface area contributed by atoms with Gasteiger partial charge in [0.1, 0.15) is 5.65 Å². The molecule has 1 unspecified atom stereocenters. The Balaban J connectivity index is 2.73. The standard InChI is InChI=1S/C9H11N3/c1-7(10)8-3-2-4-9-11-5-6-12(8)9/h2-7H,10H2,1H3. The van der Waals surface area contributed by atoms with Gasteiger partial charge >= 0.3 is 0 Å². The van der Waals surface area contributed by atoms with Gasteiger partial charge in [-0.2, -0.15) is 0 Å². The minimum Gasteiger partial charge on any atom is -0.323 e. The van der Waals surface area contributed by atoms with Gasteiger partial charge in [0.15, 0.2) is 0 Å². The van der Waals surface area contributed by atoms with Crippen molar-refractivity contribution in [1.29, 1.82) is 0 Å². The van der Waals surface area contributed by atoms with Gasteiger partial charge in [-0.15, -0.1) is 0 Å². The zero-order valence-corrected chi connectivity index (χ0v) is 6.94. The number of rotatable bonds is 1. The molecule has 0 aromatic carbocycles. The fourth-order valence-electron chi connectivity index (χ4n) is 1.34. The third kappa shape index (κ3) is 0.987. The van der Waals surface area contributed by atoms with E-state index < -0.39 is 0 Å². The lowest BCUT2D eigenvalue weighted by molar-refractivity contribution is 0.764. The van der Waals surface area contributed by atoms with Crippen molar-refractivity contribution in [2.24, 2.45) is 5.73 Å². The molecule has 2 heterocycles. The second-order valence-electron chi connectivity index (χ2n) is 2.89. The molecule has 3 heteroatoms. The van der Waals surface area contributed by atoms with Gasteiger partial charge in [0.2, 0.25) is 0 Å². The Morgan fingerprint density at radius 1 is 1.50 bits per heavy atom. The molecule has 3 nitrogen and oxygen atoms in total. The zero-order chi connectivity index (χ0) is 8.55. The summed E-state index contributed by atoms with van der Waals surface area (Å²) in [6.45, 7) is 1.97. The first kappa shape index (κ1) is 7.31. The molecule has 1 atom stereocenters. The molecule has 12 heavy (non-hydrogen) atoms. The van der Waals surface area contributed by atoms with Crippen LogP contribution in [0.3, 0.4) is 0 Å². The highest BCUT2D eigenvalue weighted by atomic mass is 15.0. The summed E-state index contributed by atoms with van der Waals surface area (Å²) in [4.78, 5) is 4.17. The fourth-order valence-corrected chi connectivity index (χ4v) is 1.34. The number of aromatic nitrogens is 2. The Labute approximate surface area is 70.8 Å². The minimum atomic E-state index is 0.0444. The molecule has 0 aliphatic carbocycles. The van der Waals surface area contributed by atoms with Crippen molar-refractivity contribution in [3.8, 4) is 0 Å². The predicted molar refractivity (Wildman–Crippen MR) is 47.8 cm³/mol. The largest absolute Gasteiger partial charge is 0.323 e. The van der Waals surface area contributed by atoms with Crippen LogP contribution >= 0.6 is 0 Å². The molecule has 0 amide bonds. The maximum absolute atomic E-state index is 5.79. The van der Waals surface area contributed by atoms with E-state index >= 15 is 0 Å². The molecule has 0 spiro atoms. The molecular weight excluding hydrogens is 150 g/mol. The van der Waals surface area contributed by atoms with Gasteiger partial charge in [-0.3, -0.25) is 0 Å². The summed E-state index contributed by atoms with van der Waals surface area (Å²) >= 11 is 0. The molecule has 0 saturated carbocycles. The minimum absolute atomic E-state index is 0.0444. The van der Waals surface area contributed by atoms with Crippen molar-refractivity contribution in [2.45, 2.75) is 13.0 Å². The molecule has 0 radical (unpaired) electrons. The highest BCUT2D eigenvalue weighted by Crippen LogP contribution is 2.11. The number of hydrogen-bond acceptors (Lipinski definition) is 2. The summed E-state index contributed by atoms with van der Waals surface area (Å²) < 4.78 is 2.00. The Kier molecular flexibility index (Phi) is 1.59. The van der Waals surface area contributed by atoms with Crippen molar-refractivity contribution in [3.05, 3.63) is 36.3 Å². The van der Waals surface area contributed by atoms with Gasteiger partial charge in [-0.25, -0.2) is 4.98 Å². The molecule has 0 aliphatic heterocycles. The molecule has 2 aromatic rings. The van der Waals surface area contributed by atoms with Gasteiger partial charge in [-0.05, 0) is 19.1 Å². The van der Waals surface area contributed by atoms with Crippen molar-refractivity contribution >= 4 is 5.65 Å². The summed E-state index contributed by atoms with van der Waals surface area (Å²) in [6.07, 6.45) is 3.70. The van der Waals surface area contributed by atoms with Crippen LogP contribution in [0.25, 0.3) is 5.65 Å².